The van der Waals surface area contributed by atoms with Crippen LogP contribution in [0.1, 0.15) is 27.0 Å². The summed E-state index contributed by atoms with van der Waals surface area (Å²) in [4.78, 5) is 31.8. The molecular formula is C19H16FN3O3S2. The maximum absolute atomic E-state index is 14.3. The third kappa shape index (κ3) is 3.11. The Morgan fingerprint density at radius 3 is 2.93 bits per heavy atom. The van der Waals surface area contributed by atoms with Crippen LogP contribution in [0.5, 0.6) is 0 Å². The highest BCUT2D eigenvalue weighted by atomic mass is 32.1. The van der Waals surface area contributed by atoms with E-state index in [0.717, 1.165) is 27.3 Å². The molecule has 0 saturated carbocycles. The van der Waals surface area contributed by atoms with Gasteiger partial charge in [0, 0.05) is 27.6 Å². The third-order valence-corrected chi connectivity index (χ3v) is 6.72. The second-order valence-electron chi connectivity index (χ2n) is 6.10. The van der Waals surface area contributed by atoms with Crippen LogP contribution in [0.25, 0.3) is 20.3 Å². The topological polar surface area (TPSA) is 73.2 Å². The number of fused-ring (bicyclic) bond motifs is 2. The van der Waals surface area contributed by atoms with Gasteiger partial charge >= 0.3 is 0 Å². The van der Waals surface area contributed by atoms with E-state index in [4.69, 9.17) is 4.74 Å². The standard InChI is InChI=1S/C19H16FN3O3S2/c1-3-10-7-11-18(27-10)21-9-23(19(11)25)22-17(24)16-12(8-26-2)15-13(20)5-4-6-14(15)28-16/h4-7,9H,3,8H2,1-2H3,(H,22,24). The maximum Gasteiger partial charge on any atom is 0.280 e. The first-order valence-electron chi connectivity index (χ1n) is 8.53. The average Bonchev–Trinajstić information content (AvgIpc) is 3.27. The number of amides is 1. The minimum Gasteiger partial charge on any atom is -0.380 e. The number of nitrogens with zero attached hydrogens (tertiary/aromatic N) is 2. The van der Waals surface area contributed by atoms with Gasteiger partial charge in [0.25, 0.3) is 11.5 Å². The summed E-state index contributed by atoms with van der Waals surface area (Å²) in [7, 11) is 1.48. The van der Waals surface area contributed by atoms with Crippen LogP contribution in [-0.4, -0.2) is 22.7 Å². The van der Waals surface area contributed by atoms with Crippen LogP contribution in [-0.2, 0) is 17.8 Å². The maximum atomic E-state index is 14.3. The molecule has 3 aromatic heterocycles. The van der Waals surface area contributed by atoms with Crippen molar-refractivity contribution in [3.63, 3.8) is 0 Å². The summed E-state index contributed by atoms with van der Waals surface area (Å²) in [5, 5.41) is 0.829. The van der Waals surface area contributed by atoms with Gasteiger partial charge in [0.1, 0.15) is 21.9 Å². The Balaban J connectivity index is 1.76. The number of aryl methyl sites for hydroxylation is 1. The Labute approximate surface area is 167 Å². The predicted molar refractivity (Wildman–Crippen MR) is 109 cm³/mol. The second-order valence-corrected chi connectivity index (χ2v) is 8.27. The van der Waals surface area contributed by atoms with E-state index in [0.29, 0.717) is 30.7 Å². The molecule has 0 aliphatic rings. The second kappa shape index (κ2) is 7.42. The molecular weight excluding hydrogens is 401 g/mol. The molecule has 0 radical (unpaired) electrons. The fraction of sp³-hybridized carbons (Fsp3) is 0.211. The molecule has 0 fully saturated rings. The number of halogens is 1. The molecule has 0 unspecified atom stereocenters. The van der Waals surface area contributed by atoms with Gasteiger partial charge < -0.3 is 4.74 Å². The van der Waals surface area contributed by atoms with E-state index < -0.39 is 11.7 Å². The third-order valence-electron chi connectivity index (χ3n) is 4.33. The Kier molecular flexibility index (Phi) is 4.96. The molecule has 4 aromatic rings. The van der Waals surface area contributed by atoms with E-state index in [1.54, 1.807) is 18.2 Å². The molecule has 0 saturated heterocycles. The van der Waals surface area contributed by atoms with Crippen molar-refractivity contribution in [2.24, 2.45) is 0 Å². The van der Waals surface area contributed by atoms with Crippen molar-refractivity contribution < 1.29 is 13.9 Å². The van der Waals surface area contributed by atoms with Crippen molar-refractivity contribution in [3.8, 4) is 0 Å². The van der Waals surface area contributed by atoms with Crippen LogP contribution in [0.4, 0.5) is 4.39 Å². The largest absolute Gasteiger partial charge is 0.380 e. The number of nitrogens with one attached hydrogen (secondary N) is 1. The van der Waals surface area contributed by atoms with Crippen LogP contribution in [0, 0.1) is 5.82 Å². The van der Waals surface area contributed by atoms with Crippen molar-refractivity contribution in [2.45, 2.75) is 20.0 Å². The van der Waals surface area contributed by atoms with Crippen LogP contribution in [0.3, 0.4) is 0 Å². The van der Waals surface area contributed by atoms with Gasteiger partial charge in [-0.25, -0.2) is 14.1 Å². The van der Waals surface area contributed by atoms with E-state index >= 15 is 0 Å². The first-order valence-corrected chi connectivity index (χ1v) is 10.2. The Bertz CT molecular complexity index is 1260. The first-order chi connectivity index (χ1) is 13.5. The van der Waals surface area contributed by atoms with Gasteiger partial charge in [0.05, 0.1) is 12.0 Å². The Hall–Kier alpha value is -2.62. The minimum absolute atomic E-state index is 0.0836. The predicted octanol–water partition coefficient (Wildman–Crippen LogP) is 3.90. The smallest absolute Gasteiger partial charge is 0.280 e. The molecule has 6 nitrogen and oxygen atoms in total. The van der Waals surface area contributed by atoms with Crippen molar-refractivity contribution >= 4 is 48.9 Å². The molecule has 1 aromatic carbocycles. The molecule has 1 amide bonds. The molecule has 4 rings (SSSR count). The SMILES string of the molecule is CCc1cc2c(=O)n(NC(=O)c3sc4cccc(F)c4c3COC)cnc2s1. The quantitative estimate of drug-likeness (QED) is 0.534. The molecule has 28 heavy (non-hydrogen) atoms. The zero-order valence-electron chi connectivity index (χ0n) is 15.1. The molecule has 0 spiro atoms. The highest BCUT2D eigenvalue weighted by Gasteiger charge is 2.21. The number of thiophene rings is 2. The molecule has 0 atom stereocenters. The monoisotopic (exact) mass is 417 g/mol. The number of methoxy groups -OCH3 is 1. The lowest BCUT2D eigenvalue weighted by molar-refractivity contribution is 0.101. The summed E-state index contributed by atoms with van der Waals surface area (Å²) in [6, 6.07) is 6.48. The lowest BCUT2D eigenvalue weighted by atomic mass is 10.1. The zero-order chi connectivity index (χ0) is 19.8. The fourth-order valence-corrected chi connectivity index (χ4v) is 5.06. The van der Waals surface area contributed by atoms with Gasteiger partial charge in [-0.15, -0.1) is 22.7 Å². The van der Waals surface area contributed by atoms with E-state index in [1.165, 1.54) is 30.8 Å². The molecule has 0 aliphatic carbocycles. The van der Waals surface area contributed by atoms with Gasteiger partial charge in [-0.1, -0.05) is 13.0 Å². The minimum atomic E-state index is -0.512. The number of aromatic nitrogens is 2. The average molecular weight is 417 g/mol. The van der Waals surface area contributed by atoms with Gasteiger partial charge in [-0.2, -0.15) is 0 Å². The number of rotatable bonds is 5. The summed E-state index contributed by atoms with van der Waals surface area (Å²) in [6.45, 7) is 2.09. The number of carbonyl (C=O) groups is 1. The number of ether oxygens (including phenoxy) is 1. The van der Waals surface area contributed by atoms with Crippen LogP contribution in [0.2, 0.25) is 0 Å². The van der Waals surface area contributed by atoms with Crippen LogP contribution in [0.15, 0.2) is 35.4 Å². The Morgan fingerprint density at radius 2 is 2.18 bits per heavy atom. The lowest BCUT2D eigenvalue weighted by Crippen LogP contribution is -2.33. The molecule has 0 aliphatic heterocycles. The number of carbonyl (C=O) groups excluding carboxylic acids is 1. The van der Waals surface area contributed by atoms with Crippen LogP contribution >= 0.6 is 22.7 Å². The highest BCUT2D eigenvalue weighted by molar-refractivity contribution is 7.21. The lowest BCUT2D eigenvalue weighted by Gasteiger charge is -2.08. The van der Waals surface area contributed by atoms with Crippen molar-refractivity contribution in [3.05, 3.63) is 62.1 Å². The first kappa shape index (κ1) is 18.7. The number of hydrogen-bond donors (Lipinski definition) is 1. The van der Waals surface area contributed by atoms with Crippen molar-refractivity contribution in [1.82, 2.24) is 9.66 Å². The highest BCUT2D eigenvalue weighted by Crippen LogP contribution is 2.33. The molecule has 0 bridgehead atoms. The van der Waals surface area contributed by atoms with E-state index in [9.17, 15) is 14.0 Å². The summed E-state index contributed by atoms with van der Waals surface area (Å²) < 4.78 is 21.2. The van der Waals surface area contributed by atoms with E-state index in [1.807, 2.05) is 6.92 Å². The summed E-state index contributed by atoms with van der Waals surface area (Å²) >= 11 is 2.61. The molecule has 3 heterocycles. The van der Waals surface area contributed by atoms with E-state index in [2.05, 4.69) is 10.4 Å². The molecule has 1 N–H and O–H groups in total. The fourth-order valence-electron chi connectivity index (χ4n) is 3.02. The Morgan fingerprint density at radius 1 is 1.36 bits per heavy atom. The zero-order valence-corrected chi connectivity index (χ0v) is 16.7. The molecule has 9 heteroatoms. The van der Waals surface area contributed by atoms with Gasteiger partial charge in [0.2, 0.25) is 0 Å². The van der Waals surface area contributed by atoms with Crippen molar-refractivity contribution in [2.75, 3.05) is 12.5 Å². The van der Waals surface area contributed by atoms with E-state index in [-0.39, 0.29) is 12.2 Å². The van der Waals surface area contributed by atoms with Gasteiger partial charge in [0.15, 0.2) is 0 Å². The van der Waals surface area contributed by atoms with Crippen LogP contribution < -0.4 is 11.0 Å². The number of benzene rings is 1. The van der Waals surface area contributed by atoms with Gasteiger partial charge in [-0.3, -0.25) is 15.0 Å². The number of hydrogen-bond acceptors (Lipinski definition) is 6. The molecule has 144 valence electrons. The normalized spacial score (nSPS) is 11.4. The summed E-state index contributed by atoms with van der Waals surface area (Å²) in [6.07, 6.45) is 2.10. The van der Waals surface area contributed by atoms with Gasteiger partial charge in [-0.05, 0) is 24.6 Å². The summed E-state index contributed by atoms with van der Waals surface area (Å²) in [5.41, 5.74) is 2.67. The summed E-state index contributed by atoms with van der Waals surface area (Å²) in [5.74, 6) is -0.924. The van der Waals surface area contributed by atoms with Crippen molar-refractivity contribution in [1.29, 1.82) is 0 Å².